The number of aryl methyl sites for hydroxylation is 3. The maximum atomic E-state index is 13.0. The van der Waals surface area contributed by atoms with Crippen LogP contribution in [0.5, 0.6) is 0 Å². The number of ketones is 1. The van der Waals surface area contributed by atoms with E-state index in [1.165, 1.54) is 11.8 Å². The van der Waals surface area contributed by atoms with Gasteiger partial charge in [-0.05, 0) is 38.0 Å². The zero-order chi connectivity index (χ0) is 18.8. The Bertz CT molecular complexity index is 1010. The van der Waals surface area contributed by atoms with Crippen molar-refractivity contribution in [2.75, 3.05) is 5.75 Å². The second kappa shape index (κ2) is 7.80. The van der Waals surface area contributed by atoms with E-state index in [0.717, 1.165) is 33.5 Å². The van der Waals surface area contributed by atoms with Crippen LogP contribution in [0.2, 0.25) is 0 Å². The van der Waals surface area contributed by atoms with Crippen LogP contribution in [-0.2, 0) is 13.6 Å². The monoisotopic (exact) mass is 389 g/mol. The second-order valence-corrected chi connectivity index (χ2v) is 8.53. The van der Waals surface area contributed by atoms with Gasteiger partial charge in [-0.3, -0.25) is 14.2 Å². The Morgan fingerprint density at radius 1 is 1.35 bits per heavy atom. The van der Waals surface area contributed by atoms with Crippen molar-refractivity contribution in [1.29, 1.82) is 0 Å². The smallest absolute Gasteiger partial charge is 0.263 e. The molecule has 0 aliphatic rings. The first-order chi connectivity index (χ1) is 12.4. The molecule has 0 unspecified atom stereocenters. The summed E-state index contributed by atoms with van der Waals surface area (Å²) in [5.41, 5.74) is 1.70. The fourth-order valence-corrected chi connectivity index (χ4v) is 4.86. The van der Waals surface area contributed by atoms with E-state index in [0.29, 0.717) is 17.4 Å². The summed E-state index contributed by atoms with van der Waals surface area (Å²) in [6.07, 6.45) is 3.77. The van der Waals surface area contributed by atoms with Gasteiger partial charge in [0.05, 0.1) is 16.8 Å². The summed E-state index contributed by atoms with van der Waals surface area (Å²) in [7, 11) is 1.86. The summed E-state index contributed by atoms with van der Waals surface area (Å²) < 4.78 is 3.56. The van der Waals surface area contributed by atoms with Crippen molar-refractivity contribution in [2.24, 2.45) is 7.05 Å². The maximum absolute atomic E-state index is 13.0. The molecule has 0 fully saturated rings. The molecule has 138 valence electrons. The van der Waals surface area contributed by atoms with Crippen molar-refractivity contribution in [3.05, 3.63) is 44.8 Å². The van der Waals surface area contributed by atoms with Crippen LogP contribution in [0.4, 0.5) is 0 Å². The number of thiophene rings is 1. The Hall–Kier alpha value is -1.86. The third kappa shape index (κ3) is 3.50. The van der Waals surface area contributed by atoms with Gasteiger partial charge in [0, 0.05) is 24.7 Å². The summed E-state index contributed by atoms with van der Waals surface area (Å²) in [6, 6.07) is 3.67. The normalized spacial score (nSPS) is 11.4. The van der Waals surface area contributed by atoms with Crippen molar-refractivity contribution < 1.29 is 4.79 Å². The van der Waals surface area contributed by atoms with Crippen molar-refractivity contribution in [2.45, 2.75) is 45.3 Å². The number of carbonyl (C=O) groups is 1. The summed E-state index contributed by atoms with van der Waals surface area (Å²) in [5.74, 6) is 0.308. The number of aromatic nitrogens is 3. The summed E-state index contributed by atoms with van der Waals surface area (Å²) >= 11 is 2.90. The van der Waals surface area contributed by atoms with E-state index in [2.05, 4.69) is 6.92 Å². The average Bonchev–Trinajstić information content (AvgIpc) is 3.15. The van der Waals surface area contributed by atoms with Crippen molar-refractivity contribution >= 4 is 39.1 Å². The Kier molecular flexibility index (Phi) is 5.67. The van der Waals surface area contributed by atoms with Crippen LogP contribution < -0.4 is 5.56 Å². The van der Waals surface area contributed by atoms with Gasteiger partial charge in [0.1, 0.15) is 4.83 Å². The highest BCUT2D eigenvalue weighted by atomic mass is 32.2. The van der Waals surface area contributed by atoms with E-state index in [9.17, 15) is 9.59 Å². The van der Waals surface area contributed by atoms with E-state index in [4.69, 9.17) is 4.98 Å². The molecular weight excluding hydrogens is 366 g/mol. The Labute approximate surface area is 161 Å². The Morgan fingerprint density at radius 3 is 2.77 bits per heavy atom. The van der Waals surface area contributed by atoms with E-state index in [1.54, 1.807) is 15.9 Å². The van der Waals surface area contributed by atoms with Crippen molar-refractivity contribution in [1.82, 2.24) is 14.1 Å². The average molecular weight is 390 g/mol. The second-order valence-electron chi connectivity index (χ2n) is 6.38. The van der Waals surface area contributed by atoms with Gasteiger partial charge in [-0.1, -0.05) is 25.1 Å². The first-order valence-electron chi connectivity index (χ1n) is 8.71. The molecule has 3 aromatic rings. The van der Waals surface area contributed by atoms with Gasteiger partial charge < -0.3 is 4.57 Å². The minimum Gasteiger partial charge on any atom is -0.348 e. The van der Waals surface area contributed by atoms with Gasteiger partial charge in [-0.15, -0.1) is 11.3 Å². The maximum Gasteiger partial charge on any atom is 0.263 e. The SMILES string of the molecule is CCCCn1c(SCC(=O)c2cccn2C)nc2sc(C)c(C)c2c1=O. The standard InChI is InChI=1S/C19H23N3O2S2/c1-5-6-10-22-18(24)16-12(2)13(3)26-17(16)20-19(22)25-11-15(23)14-8-7-9-21(14)4/h7-9H,5-6,10-11H2,1-4H3. The highest BCUT2D eigenvalue weighted by Gasteiger charge is 2.18. The summed E-state index contributed by atoms with van der Waals surface area (Å²) in [6.45, 7) is 6.73. The highest BCUT2D eigenvalue weighted by Crippen LogP contribution is 2.28. The number of unbranched alkanes of at least 4 members (excludes halogenated alkanes) is 1. The molecule has 0 spiro atoms. The zero-order valence-corrected chi connectivity index (χ0v) is 17.2. The molecule has 0 atom stereocenters. The van der Waals surface area contributed by atoms with E-state index in [1.807, 2.05) is 43.8 Å². The molecule has 0 saturated heterocycles. The van der Waals surface area contributed by atoms with Crippen molar-refractivity contribution in [3.8, 4) is 0 Å². The summed E-state index contributed by atoms with van der Waals surface area (Å²) in [5, 5.41) is 1.36. The first-order valence-corrected chi connectivity index (χ1v) is 10.5. The van der Waals surface area contributed by atoms with Crippen LogP contribution in [0.25, 0.3) is 10.2 Å². The molecular formula is C19H23N3O2S2. The van der Waals surface area contributed by atoms with Crippen LogP contribution in [0.15, 0.2) is 28.3 Å². The van der Waals surface area contributed by atoms with Crippen LogP contribution in [0.3, 0.4) is 0 Å². The minimum atomic E-state index is 0.0131. The van der Waals surface area contributed by atoms with E-state index in [-0.39, 0.29) is 17.1 Å². The number of nitrogens with zero attached hydrogens (tertiary/aromatic N) is 3. The molecule has 3 aromatic heterocycles. The van der Waals surface area contributed by atoms with E-state index < -0.39 is 0 Å². The van der Waals surface area contributed by atoms with E-state index >= 15 is 0 Å². The topological polar surface area (TPSA) is 56.9 Å². The largest absolute Gasteiger partial charge is 0.348 e. The first kappa shape index (κ1) is 18.9. The lowest BCUT2D eigenvalue weighted by Crippen LogP contribution is -2.24. The molecule has 3 heterocycles. The molecule has 0 aliphatic carbocycles. The number of carbonyl (C=O) groups excluding carboxylic acids is 1. The molecule has 0 amide bonds. The Morgan fingerprint density at radius 2 is 2.12 bits per heavy atom. The molecule has 0 radical (unpaired) electrons. The predicted molar refractivity (Wildman–Crippen MR) is 109 cm³/mol. The minimum absolute atomic E-state index is 0.0131. The number of rotatable bonds is 7. The van der Waals surface area contributed by atoms with Gasteiger partial charge >= 0.3 is 0 Å². The molecule has 0 bridgehead atoms. The molecule has 3 rings (SSSR count). The fourth-order valence-electron chi connectivity index (χ4n) is 2.89. The van der Waals surface area contributed by atoms with Crippen molar-refractivity contribution in [3.63, 3.8) is 0 Å². The lowest BCUT2D eigenvalue weighted by atomic mass is 10.2. The summed E-state index contributed by atoms with van der Waals surface area (Å²) in [4.78, 5) is 32.1. The lowest BCUT2D eigenvalue weighted by Gasteiger charge is -2.11. The number of thioether (sulfide) groups is 1. The quantitative estimate of drug-likeness (QED) is 0.345. The van der Waals surface area contributed by atoms with Gasteiger partial charge in [0.2, 0.25) is 0 Å². The molecule has 0 aliphatic heterocycles. The van der Waals surface area contributed by atoms with Crippen LogP contribution in [0, 0.1) is 13.8 Å². The van der Waals surface area contributed by atoms with Crippen LogP contribution >= 0.6 is 23.1 Å². The van der Waals surface area contributed by atoms with Gasteiger partial charge in [0.15, 0.2) is 10.9 Å². The van der Waals surface area contributed by atoms with Gasteiger partial charge in [0.25, 0.3) is 5.56 Å². The third-order valence-electron chi connectivity index (χ3n) is 4.55. The number of Topliss-reactive ketones (excluding diaryl/α,β-unsaturated/α-hetero) is 1. The molecule has 5 nitrogen and oxygen atoms in total. The fraction of sp³-hybridized carbons (Fsp3) is 0.421. The third-order valence-corrected chi connectivity index (χ3v) is 6.63. The number of hydrogen-bond acceptors (Lipinski definition) is 5. The van der Waals surface area contributed by atoms with Crippen LogP contribution in [0.1, 0.15) is 40.7 Å². The highest BCUT2D eigenvalue weighted by molar-refractivity contribution is 7.99. The number of fused-ring (bicyclic) bond motifs is 1. The zero-order valence-electron chi connectivity index (χ0n) is 15.5. The number of hydrogen-bond donors (Lipinski definition) is 0. The molecule has 0 N–H and O–H groups in total. The molecule has 26 heavy (non-hydrogen) atoms. The predicted octanol–water partition coefficient (Wildman–Crippen LogP) is 4.19. The van der Waals surface area contributed by atoms with Crippen LogP contribution in [-0.4, -0.2) is 25.7 Å². The molecule has 7 heteroatoms. The Balaban J connectivity index is 1.96. The molecule has 0 aromatic carbocycles. The lowest BCUT2D eigenvalue weighted by molar-refractivity contribution is 0.101. The van der Waals surface area contributed by atoms with Gasteiger partial charge in [-0.2, -0.15) is 0 Å². The van der Waals surface area contributed by atoms with Gasteiger partial charge in [-0.25, -0.2) is 4.98 Å². The molecule has 0 saturated carbocycles.